The lowest BCUT2D eigenvalue weighted by molar-refractivity contribution is 0.0696. The average molecular weight is 251 g/mol. The number of amides is 2. The Morgan fingerprint density at radius 1 is 1.22 bits per heavy atom. The Morgan fingerprint density at radius 3 is 2.61 bits per heavy atom. The van der Waals surface area contributed by atoms with E-state index < -0.39 is 5.97 Å². The minimum absolute atomic E-state index is 0.250. The van der Waals surface area contributed by atoms with Crippen LogP contribution in [0.2, 0.25) is 0 Å². The third-order valence-electron chi connectivity index (χ3n) is 2.30. The SMILES string of the molecule is NCCNC(=O)NCCc1cccc(C(=O)O)c1. The summed E-state index contributed by atoms with van der Waals surface area (Å²) in [6.07, 6.45) is 0.581. The monoisotopic (exact) mass is 251 g/mol. The van der Waals surface area contributed by atoms with E-state index in [4.69, 9.17) is 10.8 Å². The predicted molar refractivity (Wildman–Crippen MR) is 67.6 cm³/mol. The fourth-order valence-corrected chi connectivity index (χ4v) is 1.43. The quantitative estimate of drug-likeness (QED) is 0.579. The first kappa shape index (κ1) is 14.0. The van der Waals surface area contributed by atoms with E-state index in [-0.39, 0.29) is 11.6 Å². The number of carbonyl (C=O) groups excluding carboxylic acids is 1. The van der Waals surface area contributed by atoms with Crippen molar-refractivity contribution >= 4 is 12.0 Å². The van der Waals surface area contributed by atoms with Crippen LogP contribution in [0.3, 0.4) is 0 Å². The highest BCUT2D eigenvalue weighted by Gasteiger charge is 2.03. The molecule has 6 nitrogen and oxygen atoms in total. The Hall–Kier alpha value is -2.08. The maximum Gasteiger partial charge on any atom is 0.335 e. The predicted octanol–water partition coefficient (Wildman–Crippen LogP) is 0.185. The number of benzene rings is 1. The fraction of sp³-hybridized carbons (Fsp3) is 0.333. The third kappa shape index (κ3) is 4.84. The minimum atomic E-state index is -0.953. The van der Waals surface area contributed by atoms with E-state index in [0.29, 0.717) is 26.1 Å². The highest BCUT2D eigenvalue weighted by molar-refractivity contribution is 5.87. The second-order valence-electron chi connectivity index (χ2n) is 3.73. The number of rotatable bonds is 6. The van der Waals surface area contributed by atoms with Crippen LogP contribution in [-0.4, -0.2) is 36.7 Å². The van der Waals surface area contributed by atoms with Crippen LogP contribution in [0.4, 0.5) is 4.79 Å². The summed E-state index contributed by atoms with van der Waals surface area (Å²) in [7, 11) is 0. The van der Waals surface area contributed by atoms with Gasteiger partial charge in [-0.05, 0) is 24.1 Å². The molecular weight excluding hydrogens is 234 g/mol. The van der Waals surface area contributed by atoms with Crippen molar-refractivity contribution in [3.05, 3.63) is 35.4 Å². The molecule has 0 aliphatic carbocycles. The number of carbonyl (C=O) groups is 2. The fourth-order valence-electron chi connectivity index (χ4n) is 1.43. The summed E-state index contributed by atoms with van der Waals surface area (Å²) < 4.78 is 0. The summed E-state index contributed by atoms with van der Waals surface area (Å²) >= 11 is 0. The third-order valence-corrected chi connectivity index (χ3v) is 2.30. The number of nitrogens with two attached hydrogens (primary N) is 1. The van der Waals surface area contributed by atoms with Gasteiger partial charge in [0.1, 0.15) is 0 Å². The smallest absolute Gasteiger partial charge is 0.335 e. The van der Waals surface area contributed by atoms with Crippen LogP contribution >= 0.6 is 0 Å². The van der Waals surface area contributed by atoms with Crippen LogP contribution in [0.15, 0.2) is 24.3 Å². The lowest BCUT2D eigenvalue weighted by Gasteiger charge is -2.07. The molecule has 0 saturated heterocycles. The molecule has 0 unspecified atom stereocenters. The van der Waals surface area contributed by atoms with Gasteiger partial charge < -0.3 is 21.5 Å². The van der Waals surface area contributed by atoms with Gasteiger partial charge in [0.15, 0.2) is 0 Å². The van der Waals surface area contributed by atoms with Crippen molar-refractivity contribution in [1.82, 2.24) is 10.6 Å². The van der Waals surface area contributed by atoms with Gasteiger partial charge in [0.2, 0.25) is 0 Å². The van der Waals surface area contributed by atoms with Gasteiger partial charge in [-0.1, -0.05) is 12.1 Å². The number of aromatic carboxylic acids is 1. The van der Waals surface area contributed by atoms with E-state index in [2.05, 4.69) is 10.6 Å². The summed E-state index contributed by atoms with van der Waals surface area (Å²) in [6.45, 7) is 1.27. The van der Waals surface area contributed by atoms with E-state index >= 15 is 0 Å². The lowest BCUT2D eigenvalue weighted by Crippen LogP contribution is -2.39. The van der Waals surface area contributed by atoms with E-state index in [1.807, 2.05) is 6.07 Å². The molecule has 18 heavy (non-hydrogen) atoms. The van der Waals surface area contributed by atoms with Crippen molar-refractivity contribution in [2.24, 2.45) is 5.73 Å². The van der Waals surface area contributed by atoms with E-state index in [1.165, 1.54) is 6.07 Å². The second-order valence-corrected chi connectivity index (χ2v) is 3.73. The molecule has 0 bridgehead atoms. The van der Waals surface area contributed by atoms with Crippen molar-refractivity contribution in [3.8, 4) is 0 Å². The van der Waals surface area contributed by atoms with Gasteiger partial charge in [0, 0.05) is 19.6 Å². The Balaban J connectivity index is 2.37. The molecule has 5 N–H and O–H groups in total. The molecule has 0 aliphatic rings. The molecule has 0 fully saturated rings. The van der Waals surface area contributed by atoms with Crippen LogP contribution < -0.4 is 16.4 Å². The van der Waals surface area contributed by atoms with Gasteiger partial charge in [-0.2, -0.15) is 0 Å². The molecule has 0 atom stereocenters. The lowest BCUT2D eigenvalue weighted by atomic mass is 10.1. The number of carboxylic acids is 1. The van der Waals surface area contributed by atoms with E-state index in [0.717, 1.165) is 5.56 Å². The second kappa shape index (κ2) is 7.29. The normalized spacial score (nSPS) is 9.83. The molecule has 0 aliphatic heterocycles. The Bertz CT molecular complexity index is 421. The zero-order valence-corrected chi connectivity index (χ0v) is 9.98. The van der Waals surface area contributed by atoms with Crippen LogP contribution in [0, 0.1) is 0 Å². The molecular formula is C12H17N3O3. The summed E-state index contributed by atoms with van der Waals surface area (Å²) in [5, 5.41) is 14.1. The standard InChI is InChI=1S/C12H17N3O3/c13-5-7-15-12(18)14-6-4-9-2-1-3-10(8-9)11(16)17/h1-3,8H,4-7,13H2,(H,16,17)(H2,14,15,18). The van der Waals surface area contributed by atoms with Crippen LogP contribution in [0.1, 0.15) is 15.9 Å². The molecule has 1 aromatic rings. The summed E-state index contributed by atoms with van der Waals surface area (Å²) in [6, 6.07) is 6.38. The number of hydrogen-bond acceptors (Lipinski definition) is 3. The topological polar surface area (TPSA) is 104 Å². The minimum Gasteiger partial charge on any atom is -0.478 e. The summed E-state index contributed by atoms with van der Waals surface area (Å²) in [4.78, 5) is 22.0. The van der Waals surface area contributed by atoms with Crippen molar-refractivity contribution in [2.75, 3.05) is 19.6 Å². The van der Waals surface area contributed by atoms with Gasteiger partial charge >= 0.3 is 12.0 Å². The van der Waals surface area contributed by atoms with E-state index in [1.54, 1.807) is 12.1 Å². The molecule has 0 saturated carbocycles. The van der Waals surface area contributed by atoms with Crippen LogP contribution in [0.5, 0.6) is 0 Å². The maximum absolute atomic E-state index is 11.2. The molecule has 0 aromatic heterocycles. The Morgan fingerprint density at radius 2 is 1.94 bits per heavy atom. The number of carboxylic acid groups (broad SMARTS) is 1. The number of urea groups is 1. The Labute approximate surface area is 105 Å². The van der Waals surface area contributed by atoms with Gasteiger partial charge in [0.25, 0.3) is 0 Å². The molecule has 1 rings (SSSR count). The maximum atomic E-state index is 11.2. The first-order chi connectivity index (χ1) is 8.63. The average Bonchev–Trinajstić information content (AvgIpc) is 2.36. The first-order valence-electron chi connectivity index (χ1n) is 5.67. The zero-order valence-electron chi connectivity index (χ0n) is 9.98. The van der Waals surface area contributed by atoms with Crippen molar-refractivity contribution < 1.29 is 14.7 Å². The van der Waals surface area contributed by atoms with Crippen LogP contribution in [-0.2, 0) is 6.42 Å². The zero-order chi connectivity index (χ0) is 13.4. The van der Waals surface area contributed by atoms with Crippen LogP contribution in [0.25, 0.3) is 0 Å². The molecule has 0 radical (unpaired) electrons. The van der Waals surface area contributed by atoms with Crippen molar-refractivity contribution in [3.63, 3.8) is 0 Å². The van der Waals surface area contributed by atoms with Gasteiger partial charge in [-0.15, -0.1) is 0 Å². The van der Waals surface area contributed by atoms with Gasteiger partial charge in [0.05, 0.1) is 5.56 Å². The summed E-state index contributed by atoms with van der Waals surface area (Å²) in [5.41, 5.74) is 6.36. The highest BCUT2D eigenvalue weighted by Crippen LogP contribution is 2.05. The summed E-state index contributed by atoms with van der Waals surface area (Å²) in [5.74, 6) is -0.953. The van der Waals surface area contributed by atoms with Crippen molar-refractivity contribution in [2.45, 2.75) is 6.42 Å². The number of hydrogen-bond donors (Lipinski definition) is 4. The van der Waals surface area contributed by atoms with Gasteiger partial charge in [-0.3, -0.25) is 0 Å². The van der Waals surface area contributed by atoms with Gasteiger partial charge in [-0.25, -0.2) is 9.59 Å². The Kier molecular flexibility index (Phi) is 5.66. The first-order valence-corrected chi connectivity index (χ1v) is 5.67. The molecule has 98 valence electrons. The van der Waals surface area contributed by atoms with E-state index in [9.17, 15) is 9.59 Å². The molecule has 6 heteroatoms. The molecule has 1 aromatic carbocycles. The highest BCUT2D eigenvalue weighted by atomic mass is 16.4. The molecule has 0 spiro atoms. The molecule has 2 amide bonds. The molecule has 0 heterocycles. The number of nitrogens with one attached hydrogen (secondary N) is 2. The van der Waals surface area contributed by atoms with Crippen molar-refractivity contribution in [1.29, 1.82) is 0 Å². The largest absolute Gasteiger partial charge is 0.478 e.